The van der Waals surface area contributed by atoms with Crippen LogP contribution in [0.1, 0.15) is 155 Å². The summed E-state index contributed by atoms with van der Waals surface area (Å²) < 4.78 is 19.4. The lowest BCUT2D eigenvalue weighted by molar-refractivity contribution is -0.383. The van der Waals surface area contributed by atoms with Gasteiger partial charge in [-0.05, 0) is 79.0 Å². The highest BCUT2D eigenvalue weighted by molar-refractivity contribution is 6.06. The van der Waals surface area contributed by atoms with Gasteiger partial charge in [-0.15, -0.1) is 0 Å². The van der Waals surface area contributed by atoms with Gasteiger partial charge in [-0.3, -0.25) is 14.9 Å². The monoisotopic (exact) mass is 736 g/mol. The van der Waals surface area contributed by atoms with Gasteiger partial charge in [-0.1, -0.05) is 120 Å². The molecule has 3 unspecified atom stereocenters. The number of rotatable bonds is 27. The van der Waals surface area contributed by atoms with Gasteiger partial charge in [0.15, 0.2) is 11.5 Å². The van der Waals surface area contributed by atoms with E-state index in [0.717, 1.165) is 38.5 Å². The number of anilines is 1. The Morgan fingerprint density at radius 3 is 1.51 bits per heavy atom. The Hall–Kier alpha value is -3.80. The first kappa shape index (κ1) is 45.4. The summed E-state index contributed by atoms with van der Waals surface area (Å²) in [5.74, 6) is 4.21. The summed E-state index contributed by atoms with van der Waals surface area (Å²) in [7, 11) is 0. The van der Waals surface area contributed by atoms with Crippen LogP contribution < -0.4 is 19.5 Å². The van der Waals surface area contributed by atoms with Crippen molar-refractivity contribution in [2.75, 3.05) is 25.1 Å². The number of benzene rings is 2. The molecule has 0 bridgehead atoms. The van der Waals surface area contributed by atoms with Gasteiger partial charge in [0.1, 0.15) is 5.69 Å². The largest absolute Gasteiger partial charge is 0.490 e. The first-order valence-electron chi connectivity index (χ1n) is 20.3. The van der Waals surface area contributed by atoms with E-state index in [2.05, 4.69) is 67.6 Å². The van der Waals surface area contributed by atoms with Gasteiger partial charge in [-0.2, -0.15) is 5.26 Å². The Morgan fingerprint density at radius 1 is 0.679 bits per heavy atom. The van der Waals surface area contributed by atoms with Gasteiger partial charge in [-0.25, -0.2) is 0 Å². The van der Waals surface area contributed by atoms with Crippen LogP contribution in [0.4, 0.5) is 11.4 Å². The number of nitrogens with zero attached hydrogens (tertiary/aromatic N) is 2. The van der Waals surface area contributed by atoms with Crippen molar-refractivity contribution in [2.24, 2.45) is 35.5 Å². The molecular formula is C44H69N3O6. The smallest absolute Gasteiger partial charge is 0.292 e. The molecule has 53 heavy (non-hydrogen) atoms. The van der Waals surface area contributed by atoms with Crippen LogP contribution >= 0.6 is 0 Å². The second kappa shape index (κ2) is 24.5. The topological polar surface area (TPSA) is 124 Å². The van der Waals surface area contributed by atoms with Crippen molar-refractivity contribution < 1.29 is 23.9 Å². The number of hydrogen-bond donors (Lipinski definition) is 1. The van der Waals surface area contributed by atoms with E-state index >= 15 is 0 Å². The number of nitro benzene ring substituents is 1. The highest BCUT2D eigenvalue weighted by Gasteiger charge is 2.23. The first-order valence-corrected chi connectivity index (χ1v) is 20.3. The Labute approximate surface area is 320 Å². The molecule has 0 aliphatic carbocycles. The van der Waals surface area contributed by atoms with Crippen molar-refractivity contribution in [1.29, 1.82) is 5.26 Å². The normalized spacial score (nSPS) is 13.1. The summed E-state index contributed by atoms with van der Waals surface area (Å²) in [4.78, 5) is 25.0. The number of nitriles is 1. The quantitative estimate of drug-likeness (QED) is 0.0715. The van der Waals surface area contributed by atoms with Gasteiger partial charge in [0, 0.05) is 11.6 Å². The first-order chi connectivity index (χ1) is 25.2. The highest BCUT2D eigenvalue weighted by atomic mass is 16.6. The van der Waals surface area contributed by atoms with Crippen LogP contribution in [-0.4, -0.2) is 30.7 Å². The molecule has 0 aromatic heterocycles. The Balaban J connectivity index is 2.42. The second-order valence-electron chi connectivity index (χ2n) is 16.6. The lowest BCUT2D eigenvalue weighted by Gasteiger charge is -2.21. The van der Waals surface area contributed by atoms with Crippen molar-refractivity contribution in [2.45, 2.75) is 139 Å². The third-order valence-electron chi connectivity index (χ3n) is 9.88. The van der Waals surface area contributed by atoms with Crippen LogP contribution in [-0.2, 0) is 0 Å². The fourth-order valence-corrected chi connectivity index (χ4v) is 6.28. The van der Waals surface area contributed by atoms with Crippen LogP contribution in [0.3, 0.4) is 0 Å². The number of carbonyl (C=O) groups excluding carboxylic acids is 1. The molecule has 2 aromatic rings. The zero-order valence-corrected chi connectivity index (χ0v) is 34.3. The molecule has 0 heterocycles. The van der Waals surface area contributed by atoms with Gasteiger partial charge in [0.25, 0.3) is 11.6 Å². The molecule has 9 heteroatoms. The van der Waals surface area contributed by atoms with E-state index in [9.17, 15) is 20.2 Å². The summed E-state index contributed by atoms with van der Waals surface area (Å²) in [5, 5.41) is 23.9. The molecule has 0 aliphatic heterocycles. The van der Waals surface area contributed by atoms with E-state index in [0.29, 0.717) is 72.6 Å². The molecule has 2 aromatic carbocycles. The molecule has 9 nitrogen and oxygen atoms in total. The second-order valence-corrected chi connectivity index (χ2v) is 16.6. The van der Waals surface area contributed by atoms with Crippen LogP contribution in [0.5, 0.6) is 17.2 Å². The minimum Gasteiger partial charge on any atom is -0.490 e. The molecule has 0 radical (unpaired) electrons. The Bertz CT molecular complexity index is 1390. The van der Waals surface area contributed by atoms with E-state index < -0.39 is 10.8 Å². The number of nitro groups is 1. The van der Waals surface area contributed by atoms with Crippen LogP contribution in [0.25, 0.3) is 0 Å². The maximum absolute atomic E-state index is 13.8. The van der Waals surface area contributed by atoms with Crippen LogP contribution in [0, 0.1) is 57.0 Å². The van der Waals surface area contributed by atoms with Crippen LogP contribution in [0.2, 0.25) is 0 Å². The maximum Gasteiger partial charge on any atom is 0.292 e. The maximum atomic E-state index is 13.8. The average Bonchev–Trinajstić information content (AvgIpc) is 3.08. The Kier molecular flexibility index (Phi) is 21.0. The minimum atomic E-state index is -0.578. The number of hydrogen-bond acceptors (Lipinski definition) is 7. The average molecular weight is 736 g/mol. The number of amides is 1. The van der Waals surface area contributed by atoms with E-state index in [1.807, 2.05) is 6.07 Å². The minimum absolute atomic E-state index is 0.0544. The number of nitrogens with one attached hydrogen (secondary N) is 1. The summed E-state index contributed by atoms with van der Waals surface area (Å²) in [5.41, 5.74) is 0.0640. The molecule has 0 spiro atoms. The predicted molar refractivity (Wildman–Crippen MR) is 216 cm³/mol. The Morgan fingerprint density at radius 2 is 1.11 bits per heavy atom. The van der Waals surface area contributed by atoms with Gasteiger partial charge in [0.05, 0.1) is 36.4 Å². The third kappa shape index (κ3) is 18.2. The molecular weight excluding hydrogens is 666 g/mol. The molecule has 0 saturated carbocycles. The van der Waals surface area contributed by atoms with Gasteiger partial charge >= 0.3 is 0 Å². The highest BCUT2D eigenvalue weighted by Crippen LogP contribution is 2.40. The van der Waals surface area contributed by atoms with Crippen LogP contribution in [0.15, 0.2) is 30.3 Å². The molecule has 0 aliphatic rings. The fraction of sp³-hybridized carbons (Fsp3) is 0.682. The molecule has 0 saturated heterocycles. The van der Waals surface area contributed by atoms with E-state index in [1.54, 1.807) is 12.1 Å². The lowest BCUT2D eigenvalue weighted by atomic mass is 9.97. The van der Waals surface area contributed by atoms with Crippen molar-refractivity contribution in [3.05, 3.63) is 51.6 Å². The number of ether oxygens (including phenoxy) is 3. The van der Waals surface area contributed by atoms with Crippen molar-refractivity contribution in [1.82, 2.24) is 0 Å². The molecule has 1 amide bonds. The molecule has 3 atom stereocenters. The van der Waals surface area contributed by atoms with E-state index in [1.165, 1.54) is 56.7 Å². The summed E-state index contributed by atoms with van der Waals surface area (Å²) >= 11 is 0. The third-order valence-corrected chi connectivity index (χ3v) is 9.88. The zero-order chi connectivity index (χ0) is 39.3. The van der Waals surface area contributed by atoms with Crippen molar-refractivity contribution in [3.63, 3.8) is 0 Å². The number of carbonyl (C=O) groups is 1. The molecule has 0 fully saturated rings. The predicted octanol–water partition coefficient (Wildman–Crippen LogP) is 12.4. The fourth-order valence-electron chi connectivity index (χ4n) is 6.28. The molecule has 296 valence electrons. The SMILES string of the molecule is CC(C)CCCC(C)CCOc1cc(C(=O)Nc2cc(C#N)ccc2[N+](=O)[O-])cc(OCCC(C)CCCC(C)C)c1OCCC(C)CCCC(C)C. The summed E-state index contributed by atoms with van der Waals surface area (Å²) in [6.45, 7) is 21.6. The van der Waals surface area contributed by atoms with Crippen molar-refractivity contribution in [3.8, 4) is 23.3 Å². The van der Waals surface area contributed by atoms with Gasteiger partial charge in [0.2, 0.25) is 5.75 Å². The standard InChI is InChI=1S/C44H69N3O6/c1-31(2)13-10-16-34(7)21-24-51-41-28-38(44(48)46-39-27-37(30-45)19-20-40(39)47(49)50)29-42(52-25-22-35(8)17-11-14-32(3)4)43(41)53-26-23-36(9)18-12-15-33(5)6/h19-20,27-29,31-36H,10-18,21-26H2,1-9H3,(H,46,48). The van der Waals surface area contributed by atoms with E-state index in [-0.39, 0.29) is 22.5 Å². The summed E-state index contributed by atoms with van der Waals surface area (Å²) in [6, 6.07) is 9.16. The molecule has 2 rings (SSSR count). The van der Waals surface area contributed by atoms with E-state index in [4.69, 9.17) is 14.2 Å². The zero-order valence-electron chi connectivity index (χ0n) is 34.3. The lowest BCUT2D eigenvalue weighted by Crippen LogP contribution is -2.15. The van der Waals surface area contributed by atoms with Gasteiger partial charge < -0.3 is 19.5 Å². The summed E-state index contributed by atoms with van der Waals surface area (Å²) in [6.07, 6.45) is 13.1. The molecule has 1 N–H and O–H groups in total. The van der Waals surface area contributed by atoms with Crippen molar-refractivity contribution >= 4 is 17.3 Å².